The van der Waals surface area contributed by atoms with Gasteiger partial charge in [-0.15, -0.1) is 0 Å². The second-order valence-electron chi connectivity index (χ2n) is 6.57. The summed E-state index contributed by atoms with van der Waals surface area (Å²) in [5.74, 6) is -0.863. The predicted octanol–water partition coefficient (Wildman–Crippen LogP) is 2.32. The Morgan fingerprint density at radius 2 is 1.91 bits per heavy atom. The molecule has 0 unspecified atom stereocenters. The van der Waals surface area contributed by atoms with Crippen molar-refractivity contribution in [3.8, 4) is 0 Å². The fourth-order valence-corrected chi connectivity index (χ4v) is 3.88. The fraction of sp³-hybridized carbons (Fsp3) is 0.611. The largest absolute Gasteiger partial charge is 0.462 e. The van der Waals surface area contributed by atoms with Crippen LogP contribution < -0.4 is 0 Å². The SMILES string of the molecule is CN1[C@H]2CC[C@H](OC(=O)[C@@H](CO)c3ccccc3)C[C@H]1CC2. The molecule has 2 bridgehead atoms. The van der Waals surface area contributed by atoms with Crippen LogP contribution in [0.4, 0.5) is 0 Å². The molecule has 0 radical (unpaired) electrons. The van der Waals surface area contributed by atoms with Gasteiger partial charge < -0.3 is 14.7 Å². The Kier molecular flexibility index (Phi) is 4.79. The predicted molar refractivity (Wildman–Crippen MR) is 84.6 cm³/mol. The van der Waals surface area contributed by atoms with Crippen molar-refractivity contribution in [2.24, 2.45) is 0 Å². The molecule has 3 rings (SSSR count). The first-order valence-corrected chi connectivity index (χ1v) is 8.27. The molecular weight excluding hydrogens is 278 g/mol. The number of fused-ring (bicyclic) bond motifs is 2. The highest BCUT2D eigenvalue weighted by molar-refractivity contribution is 5.78. The number of aliphatic hydroxyl groups excluding tert-OH is 1. The minimum Gasteiger partial charge on any atom is -0.462 e. The molecule has 1 aromatic rings. The van der Waals surface area contributed by atoms with Gasteiger partial charge in [0.2, 0.25) is 0 Å². The molecule has 0 saturated carbocycles. The van der Waals surface area contributed by atoms with Gasteiger partial charge in [-0.05, 0) is 44.7 Å². The summed E-state index contributed by atoms with van der Waals surface area (Å²) in [6, 6.07) is 10.6. The van der Waals surface area contributed by atoms with Crippen LogP contribution in [-0.4, -0.2) is 47.8 Å². The van der Waals surface area contributed by atoms with E-state index >= 15 is 0 Å². The van der Waals surface area contributed by atoms with E-state index in [2.05, 4.69) is 11.9 Å². The summed E-state index contributed by atoms with van der Waals surface area (Å²) in [5.41, 5.74) is 0.822. The maximum absolute atomic E-state index is 12.4. The molecule has 2 fully saturated rings. The van der Waals surface area contributed by atoms with Gasteiger partial charge >= 0.3 is 5.97 Å². The maximum Gasteiger partial charge on any atom is 0.316 e. The van der Waals surface area contributed by atoms with Gasteiger partial charge in [0.25, 0.3) is 0 Å². The van der Waals surface area contributed by atoms with Crippen molar-refractivity contribution >= 4 is 5.97 Å². The van der Waals surface area contributed by atoms with Crippen LogP contribution in [0.25, 0.3) is 0 Å². The molecule has 0 spiro atoms. The Balaban J connectivity index is 1.63. The van der Waals surface area contributed by atoms with Crippen molar-refractivity contribution < 1.29 is 14.6 Å². The van der Waals surface area contributed by atoms with Crippen molar-refractivity contribution in [2.75, 3.05) is 13.7 Å². The van der Waals surface area contributed by atoms with Gasteiger partial charge in [0.1, 0.15) is 12.0 Å². The van der Waals surface area contributed by atoms with Crippen molar-refractivity contribution in [1.29, 1.82) is 0 Å². The Hall–Kier alpha value is -1.39. The molecule has 2 aliphatic heterocycles. The van der Waals surface area contributed by atoms with Gasteiger partial charge in [0, 0.05) is 12.1 Å². The number of carbonyl (C=O) groups is 1. The van der Waals surface area contributed by atoms with Crippen LogP contribution in [0.3, 0.4) is 0 Å². The molecule has 4 nitrogen and oxygen atoms in total. The molecule has 2 heterocycles. The molecule has 4 atom stereocenters. The van der Waals surface area contributed by atoms with E-state index in [-0.39, 0.29) is 18.7 Å². The summed E-state index contributed by atoms with van der Waals surface area (Å²) >= 11 is 0. The van der Waals surface area contributed by atoms with Crippen molar-refractivity contribution in [1.82, 2.24) is 4.90 Å². The fourth-order valence-electron chi connectivity index (χ4n) is 3.88. The number of rotatable bonds is 4. The average Bonchev–Trinajstić information content (AvgIpc) is 2.77. The Morgan fingerprint density at radius 1 is 1.23 bits per heavy atom. The van der Waals surface area contributed by atoms with Crippen LogP contribution in [0.2, 0.25) is 0 Å². The summed E-state index contributed by atoms with van der Waals surface area (Å²) in [6.07, 6.45) is 5.42. The van der Waals surface area contributed by atoms with Crippen LogP contribution in [0.15, 0.2) is 30.3 Å². The van der Waals surface area contributed by atoms with E-state index in [1.165, 1.54) is 12.8 Å². The van der Waals surface area contributed by atoms with Crippen LogP contribution in [0.5, 0.6) is 0 Å². The molecule has 2 saturated heterocycles. The van der Waals surface area contributed by atoms with E-state index < -0.39 is 5.92 Å². The van der Waals surface area contributed by atoms with E-state index in [9.17, 15) is 9.90 Å². The summed E-state index contributed by atoms with van der Waals surface area (Å²) in [5, 5.41) is 9.57. The molecule has 4 heteroatoms. The van der Waals surface area contributed by atoms with Gasteiger partial charge in [-0.1, -0.05) is 30.3 Å². The first-order chi connectivity index (χ1) is 10.7. The van der Waals surface area contributed by atoms with Crippen molar-refractivity contribution in [3.05, 3.63) is 35.9 Å². The van der Waals surface area contributed by atoms with Crippen molar-refractivity contribution in [3.63, 3.8) is 0 Å². The third-order valence-electron chi connectivity index (χ3n) is 5.29. The number of nitrogens with zero attached hydrogens (tertiary/aromatic N) is 1. The molecule has 120 valence electrons. The summed E-state index contributed by atoms with van der Waals surface area (Å²) < 4.78 is 5.75. The standard InChI is InChI=1S/C18H25NO3/c1-19-14-7-8-15(19)11-16(10-9-14)22-18(21)17(12-20)13-5-3-2-4-6-13/h2-6,14-17,20H,7-12H2,1H3/t14-,15-,16+,17+/m1/s1. The van der Waals surface area contributed by atoms with Gasteiger partial charge in [0.05, 0.1) is 6.61 Å². The van der Waals surface area contributed by atoms with Gasteiger partial charge in [-0.2, -0.15) is 0 Å². The first-order valence-electron chi connectivity index (χ1n) is 8.27. The number of hydrogen-bond donors (Lipinski definition) is 1. The number of hydrogen-bond acceptors (Lipinski definition) is 4. The normalized spacial score (nSPS) is 29.8. The molecule has 0 aromatic heterocycles. The van der Waals surface area contributed by atoms with E-state index in [1.807, 2.05) is 30.3 Å². The highest BCUT2D eigenvalue weighted by Crippen LogP contribution is 2.34. The number of carbonyl (C=O) groups excluding carboxylic acids is 1. The van der Waals surface area contributed by atoms with Gasteiger partial charge in [-0.3, -0.25) is 4.79 Å². The number of ether oxygens (including phenoxy) is 1. The van der Waals surface area contributed by atoms with Crippen LogP contribution in [0, 0.1) is 0 Å². The highest BCUT2D eigenvalue weighted by Gasteiger charge is 2.37. The summed E-state index contributed by atoms with van der Waals surface area (Å²) in [7, 11) is 2.19. The quantitative estimate of drug-likeness (QED) is 0.867. The van der Waals surface area contributed by atoms with Crippen molar-refractivity contribution in [2.45, 2.75) is 56.2 Å². The zero-order chi connectivity index (χ0) is 15.5. The van der Waals surface area contributed by atoms with Crippen LogP contribution in [-0.2, 0) is 9.53 Å². The lowest BCUT2D eigenvalue weighted by Crippen LogP contribution is -2.32. The second kappa shape index (κ2) is 6.80. The molecule has 0 amide bonds. The topological polar surface area (TPSA) is 49.8 Å². The average molecular weight is 303 g/mol. The van der Waals surface area contributed by atoms with E-state index in [1.54, 1.807) is 0 Å². The van der Waals surface area contributed by atoms with Crippen LogP contribution >= 0.6 is 0 Å². The second-order valence-corrected chi connectivity index (χ2v) is 6.57. The van der Waals surface area contributed by atoms with E-state index in [0.29, 0.717) is 12.1 Å². The third-order valence-corrected chi connectivity index (χ3v) is 5.29. The minimum absolute atomic E-state index is 0.0111. The summed E-state index contributed by atoms with van der Waals surface area (Å²) in [4.78, 5) is 14.9. The molecule has 2 aliphatic rings. The monoisotopic (exact) mass is 303 g/mol. The number of aliphatic hydroxyl groups is 1. The molecule has 1 aromatic carbocycles. The minimum atomic E-state index is -0.570. The third kappa shape index (κ3) is 3.18. The van der Waals surface area contributed by atoms with E-state index in [4.69, 9.17) is 4.74 Å². The first kappa shape index (κ1) is 15.5. The Labute approximate surface area is 132 Å². The zero-order valence-corrected chi connectivity index (χ0v) is 13.1. The lowest BCUT2D eigenvalue weighted by molar-refractivity contribution is -0.152. The van der Waals surface area contributed by atoms with Gasteiger partial charge in [0.15, 0.2) is 0 Å². The molecule has 22 heavy (non-hydrogen) atoms. The lowest BCUT2D eigenvalue weighted by atomic mass is 9.97. The molecule has 0 aliphatic carbocycles. The lowest BCUT2D eigenvalue weighted by Gasteiger charge is -2.24. The Bertz CT molecular complexity index is 504. The molecular formula is C18H25NO3. The Morgan fingerprint density at radius 3 is 2.64 bits per heavy atom. The summed E-state index contributed by atoms with van der Waals surface area (Å²) in [6.45, 7) is -0.207. The maximum atomic E-state index is 12.4. The molecule has 1 N–H and O–H groups in total. The van der Waals surface area contributed by atoms with E-state index in [0.717, 1.165) is 24.8 Å². The number of benzene rings is 1. The van der Waals surface area contributed by atoms with Gasteiger partial charge in [-0.25, -0.2) is 0 Å². The van der Waals surface area contributed by atoms with Crippen LogP contribution in [0.1, 0.15) is 43.6 Å². The highest BCUT2D eigenvalue weighted by atomic mass is 16.5. The number of esters is 1. The zero-order valence-electron chi connectivity index (χ0n) is 13.1. The smallest absolute Gasteiger partial charge is 0.316 e.